The maximum atomic E-state index is 15.3. The predicted molar refractivity (Wildman–Crippen MR) is 223 cm³/mol. The second kappa shape index (κ2) is 20.2. The third kappa shape index (κ3) is 11.2. The van der Waals surface area contributed by atoms with Crippen molar-refractivity contribution in [2.75, 3.05) is 76.3 Å². The van der Waals surface area contributed by atoms with Crippen molar-refractivity contribution in [3.63, 3.8) is 0 Å². The van der Waals surface area contributed by atoms with Gasteiger partial charge in [-0.05, 0) is 95.0 Å². The molecule has 2 heterocycles. The highest BCUT2D eigenvalue weighted by atomic mass is 19.1. The lowest BCUT2D eigenvalue weighted by Crippen LogP contribution is -2.47. The SMILES string of the molecule is CCCN1CCN(CCOc2ccc(Nc3nccc(N(C(=O)Oc4c(C)cc(C)cc4C)c4ccc(CC(C)C(=O)N(CC)CC)cc4OC)n3)cc2F)CC1. The summed E-state index contributed by atoms with van der Waals surface area (Å²) in [5.41, 5.74) is 4.30. The van der Waals surface area contributed by atoms with Gasteiger partial charge in [0.15, 0.2) is 11.6 Å². The zero-order valence-electron chi connectivity index (χ0n) is 34.7. The molecule has 1 aromatic heterocycles. The van der Waals surface area contributed by atoms with Crippen LogP contribution in [0.5, 0.6) is 17.2 Å². The summed E-state index contributed by atoms with van der Waals surface area (Å²) in [5.74, 6) is 0.602. The second-order valence-electron chi connectivity index (χ2n) is 14.6. The molecule has 5 rings (SSSR count). The van der Waals surface area contributed by atoms with Crippen molar-refractivity contribution < 1.29 is 28.2 Å². The van der Waals surface area contributed by atoms with Gasteiger partial charge in [-0.15, -0.1) is 0 Å². The number of hydrogen-bond donors (Lipinski definition) is 1. The van der Waals surface area contributed by atoms with Crippen LogP contribution in [0.2, 0.25) is 0 Å². The number of piperazine rings is 1. The van der Waals surface area contributed by atoms with Gasteiger partial charge < -0.3 is 29.3 Å². The highest BCUT2D eigenvalue weighted by molar-refractivity contribution is 5.98. The number of benzene rings is 3. The lowest BCUT2D eigenvalue weighted by atomic mass is 9.99. The fourth-order valence-electron chi connectivity index (χ4n) is 7.29. The van der Waals surface area contributed by atoms with Crippen molar-refractivity contribution in [3.05, 3.63) is 88.9 Å². The van der Waals surface area contributed by atoms with E-state index in [0.717, 1.165) is 67.9 Å². The summed E-state index contributed by atoms with van der Waals surface area (Å²) in [7, 11) is 1.52. The number of carbonyl (C=O) groups excluding carboxylic acids is 2. The van der Waals surface area contributed by atoms with E-state index in [4.69, 9.17) is 14.2 Å². The number of amides is 2. The molecule has 306 valence electrons. The van der Waals surface area contributed by atoms with Gasteiger partial charge in [0.05, 0.1) is 12.8 Å². The van der Waals surface area contributed by atoms with E-state index in [1.54, 1.807) is 24.3 Å². The molecule has 0 aliphatic carbocycles. The number of nitrogens with one attached hydrogen (secondary N) is 1. The summed E-state index contributed by atoms with van der Waals surface area (Å²) >= 11 is 0. The number of rotatable bonds is 17. The molecular weight excluding hydrogens is 726 g/mol. The Hall–Kier alpha value is -5.27. The number of hydrogen-bond acceptors (Lipinski definition) is 10. The number of ether oxygens (including phenoxy) is 3. The van der Waals surface area contributed by atoms with Crippen LogP contribution in [-0.4, -0.2) is 103 Å². The van der Waals surface area contributed by atoms with E-state index in [-0.39, 0.29) is 29.3 Å². The standard InChI is InChI=1S/C44H58FN7O5/c1-9-18-49-19-21-50(22-20-49)23-24-56-38-15-13-35(29-36(38)45)47-43-46-17-16-40(48-43)52(44(54)57-41-31(5)25-30(4)26-32(41)6)37-14-12-34(28-39(37)55-8)27-33(7)42(53)51(10-2)11-3/h12-17,25-26,28-29,33H,9-11,18-24,27H2,1-8H3,(H,46,47,48). The first-order valence-electron chi connectivity index (χ1n) is 20.0. The van der Waals surface area contributed by atoms with Crippen molar-refractivity contribution in [2.45, 2.75) is 61.3 Å². The van der Waals surface area contributed by atoms with Crippen LogP contribution in [0.25, 0.3) is 0 Å². The van der Waals surface area contributed by atoms with Crippen LogP contribution in [0.15, 0.2) is 60.8 Å². The zero-order valence-corrected chi connectivity index (χ0v) is 34.7. The Morgan fingerprint density at radius 3 is 2.21 bits per heavy atom. The van der Waals surface area contributed by atoms with Crippen LogP contribution in [0.3, 0.4) is 0 Å². The van der Waals surface area contributed by atoms with Crippen LogP contribution in [0.1, 0.15) is 56.4 Å². The normalized spacial score (nSPS) is 13.8. The summed E-state index contributed by atoms with van der Waals surface area (Å²) < 4.78 is 33.0. The molecule has 1 unspecified atom stereocenters. The molecule has 0 bridgehead atoms. The lowest BCUT2D eigenvalue weighted by Gasteiger charge is -2.34. The summed E-state index contributed by atoms with van der Waals surface area (Å²) in [6, 6.07) is 15.5. The number of aromatic nitrogens is 2. The van der Waals surface area contributed by atoms with Crippen LogP contribution >= 0.6 is 0 Å². The minimum Gasteiger partial charge on any atom is -0.495 e. The molecule has 12 nitrogen and oxygen atoms in total. The number of carbonyl (C=O) groups is 2. The Labute approximate surface area is 336 Å². The van der Waals surface area contributed by atoms with Gasteiger partial charge in [-0.3, -0.25) is 9.69 Å². The molecule has 1 aliphatic rings. The van der Waals surface area contributed by atoms with Crippen LogP contribution in [0, 0.1) is 32.5 Å². The Balaban J connectivity index is 1.37. The van der Waals surface area contributed by atoms with E-state index in [0.29, 0.717) is 49.0 Å². The van der Waals surface area contributed by atoms with Crippen molar-refractivity contribution in [1.82, 2.24) is 24.7 Å². The molecule has 0 saturated carbocycles. The van der Waals surface area contributed by atoms with E-state index in [9.17, 15) is 9.59 Å². The van der Waals surface area contributed by atoms with Gasteiger partial charge in [-0.25, -0.2) is 19.1 Å². The summed E-state index contributed by atoms with van der Waals surface area (Å²) in [6.45, 7) is 21.3. The topological polar surface area (TPSA) is 113 Å². The fraction of sp³-hybridized carbons (Fsp3) is 0.455. The van der Waals surface area contributed by atoms with Crippen molar-refractivity contribution in [1.29, 1.82) is 0 Å². The second-order valence-corrected chi connectivity index (χ2v) is 14.6. The zero-order chi connectivity index (χ0) is 41.1. The minimum absolute atomic E-state index is 0.0760. The first-order valence-corrected chi connectivity index (χ1v) is 20.0. The molecule has 0 radical (unpaired) electrons. The summed E-state index contributed by atoms with van der Waals surface area (Å²) in [6.07, 6.45) is 2.42. The quantitative estimate of drug-likeness (QED) is 0.113. The van der Waals surface area contributed by atoms with Crippen LogP contribution in [-0.2, 0) is 11.2 Å². The van der Waals surface area contributed by atoms with E-state index in [2.05, 4.69) is 32.0 Å². The molecule has 13 heteroatoms. The van der Waals surface area contributed by atoms with Crippen molar-refractivity contribution in [2.24, 2.45) is 5.92 Å². The minimum atomic E-state index is -0.721. The maximum Gasteiger partial charge on any atom is 0.425 e. The highest BCUT2D eigenvalue weighted by Gasteiger charge is 2.28. The molecule has 3 aromatic carbocycles. The Bertz CT molecular complexity index is 1960. The van der Waals surface area contributed by atoms with E-state index >= 15 is 4.39 Å². The van der Waals surface area contributed by atoms with Crippen molar-refractivity contribution in [3.8, 4) is 17.2 Å². The molecule has 1 fully saturated rings. The average molecular weight is 784 g/mol. The Kier molecular flexibility index (Phi) is 15.2. The smallest absolute Gasteiger partial charge is 0.425 e. The Morgan fingerprint density at radius 1 is 0.895 bits per heavy atom. The van der Waals surface area contributed by atoms with Gasteiger partial charge in [-0.2, -0.15) is 4.98 Å². The molecule has 4 aromatic rings. The maximum absolute atomic E-state index is 15.3. The predicted octanol–water partition coefficient (Wildman–Crippen LogP) is 8.08. The third-order valence-electron chi connectivity index (χ3n) is 10.2. The number of nitrogens with zero attached hydrogens (tertiary/aromatic N) is 6. The van der Waals surface area contributed by atoms with Crippen LogP contribution < -0.4 is 24.4 Å². The first kappa shape index (κ1) is 42.9. The van der Waals surface area contributed by atoms with Gasteiger partial charge in [0.25, 0.3) is 0 Å². The van der Waals surface area contributed by atoms with Gasteiger partial charge in [-0.1, -0.05) is 37.6 Å². The molecule has 2 amide bonds. The van der Waals surface area contributed by atoms with Gasteiger partial charge in [0.1, 0.15) is 23.9 Å². The number of anilines is 4. The van der Waals surface area contributed by atoms with E-state index in [1.165, 1.54) is 24.3 Å². The number of methoxy groups -OCH3 is 1. The molecular formula is C44H58FN7O5. The number of aryl methyl sites for hydroxylation is 3. The molecule has 0 spiro atoms. The third-order valence-corrected chi connectivity index (χ3v) is 10.2. The summed E-state index contributed by atoms with van der Waals surface area (Å²) in [4.78, 5) is 44.3. The molecule has 1 atom stereocenters. The number of halogens is 1. The lowest BCUT2D eigenvalue weighted by molar-refractivity contribution is -0.134. The highest BCUT2D eigenvalue weighted by Crippen LogP contribution is 2.37. The fourth-order valence-corrected chi connectivity index (χ4v) is 7.29. The van der Waals surface area contributed by atoms with Gasteiger partial charge >= 0.3 is 6.09 Å². The van der Waals surface area contributed by atoms with Crippen LogP contribution in [0.4, 0.5) is 32.3 Å². The molecule has 1 N–H and O–H groups in total. The Morgan fingerprint density at radius 2 is 1.58 bits per heavy atom. The monoisotopic (exact) mass is 783 g/mol. The first-order chi connectivity index (χ1) is 27.4. The molecule has 1 aliphatic heterocycles. The van der Waals surface area contributed by atoms with Gasteiger partial charge in [0, 0.05) is 75.7 Å². The van der Waals surface area contributed by atoms with E-state index < -0.39 is 11.9 Å². The molecule has 1 saturated heterocycles. The van der Waals surface area contributed by atoms with E-state index in [1.807, 2.05) is 70.7 Å². The largest absolute Gasteiger partial charge is 0.495 e. The molecule has 57 heavy (non-hydrogen) atoms. The van der Waals surface area contributed by atoms with Gasteiger partial charge in [0.2, 0.25) is 11.9 Å². The summed E-state index contributed by atoms with van der Waals surface area (Å²) in [5, 5.41) is 3.07. The average Bonchev–Trinajstić information content (AvgIpc) is 3.19. The van der Waals surface area contributed by atoms with Crippen molar-refractivity contribution >= 4 is 35.1 Å².